The van der Waals surface area contributed by atoms with E-state index in [1.54, 1.807) is 43.8 Å². The Labute approximate surface area is 213 Å². The van der Waals surface area contributed by atoms with Crippen LogP contribution >= 0.6 is 0 Å². The lowest BCUT2D eigenvalue weighted by Gasteiger charge is -2.26. The van der Waals surface area contributed by atoms with Gasteiger partial charge in [0, 0.05) is 0 Å². The van der Waals surface area contributed by atoms with Crippen LogP contribution in [-0.4, -0.2) is 0 Å². The molecule has 0 unspecified atom stereocenters. The molecule has 0 aromatic heterocycles. The Kier molecular flexibility index (Phi) is 3.07. The van der Waals surface area contributed by atoms with Crippen molar-refractivity contribution in [2.75, 3.05) is 0 Å². The average Bonchev–Trinajstić information content (AvgIpc) is 3.63. The molecule has 0 radical (unpaired) electrons. The molecule has 0 heterocycles. The second-order valence-corrected chi connectivity index (χ2v) is 13.9. The molecule has 4 aromatic carbocycles. The van der Waals surface area contributed by atoms with Gasteiger partial charge in [0.05, 0.1) is 0 Å². The van der Waals surface area contributed by atoms with Gasteiger partial charge in [0.25, 0.3) is 0 Å². The van der Waals surface area contributed by atoms with E-state index >= 15 is 0 Å². The molecule has 0 spiro atoms. The van der Waals surface area contributed by atoms with Crippen molar-refractivity contribution in [3.05, 3.63) is 93.0 Å². The summed E-state index contributed by atoms with van der Waals surface area (Å²) in [6.45, 7) is 0. The molecule has 0 N–H and O–H groups in total. The average molecular weight is 465 g/mol. The Morgan fingerprint density at radius 3 is 0.694 bits per heavy atom. The lowest BCUT2D eigenvalue weighted by molar-refractivity contribution is 0.391. The topological polar surface area (TPSA) is 0 Å². The standard InChI is InChI=1S/2C18H16/c2*1-2-4-14-13(3-1)15-9-5-11(6-9)17(15)18-12-7-10(8-12)16(14)18/h2*1-4,9-12H,5-8H2. The van der Waals surface area contributed by atoms with Gasteiger partial charge in [-0.2, -0.15) is 0 Å². The monoisotopic (exact) mass is 464 g/mol. The van der Waals surface area contributed by atoms with E-state index < -0.39 is 0 Å². The molecule has 0 amide bonds. The van der Waals surface area contributed by atoms with Gasteiger partial charge in [0.15, 0.2) is 0 Å². The quantitative estimate of drug-likeness (QED) is 0.243. The van der Waals surface area contributed by atoms with Crippen molar-refractivity contribution in [1.82, 2.24) is 0 Å². The highest BCUT2D eigenvalue weighted by Crippen LogP contribution is 2.70. The summed E-state index contributed by atoms with van der Waals surface area (Å²) >= 11 is 0. The Balaban J connectivity index is 0.0000000980. The summed E-state index contributed by atoms with van der Waals surface area (Å²) in [7, 11) is 0. The van der Waals surface area contributed by atoms with Crippen LogP contribution in [0.15, 0.2) is 48.5 Å². The molecule has 0 nitrogen and oxygen atoms in total. The zero-order chi connectivity index (χ0) is 22.9. The van der Waals surface area contributed by atoms with Crippen LogP contribution in [-0.2, 0) is 0 Å². The third-order valence-electron chi connectivity index (χ3n) is 12.6. The summed E-state index contributed by atoms with van der Waals surface area (Å²) in [5.41, 5.74) is 14.5. The highest BCUT2D eigenvalue weighted by Gasteiger charge is 2.53. The first-order chi connectivity index (χ1) is 17.8. The van der Waals surface area contributed by atoms with Crippen molar-refractivity contribution in [2.45, 2.75) is 98.7 Å². The molecule has 176 valence electrons. The highest BCUT2D eigenvalue weighted by molar-refractivity contribution is 5.96. The molecule has 0 aliphatic heterocycles. The van der Waals surface area contributed by atoms with E-state index in [0.717, 1.165) is 47.3 Å². The minimum atomic E-state index is 0.915. The minimum Gasteiger partial charge on any atom is -0.0616 e. The van der Waals surface area contributed by atoms with Gasteiger partial charge in [-0.15, -0.1) is 0 Å². The van der Waals surface area contributed by atoms with E-state index in [0.29, 0.717) is 0 Å². The molecule has 36 heavy (non-hydrogen) atoms. The van der Waals surface area contributed by atoms with Gasteiger partial charge >= 0.3 is 0 Å². The highest BCUT2D eigenvalue weighted by atomic mass is 14.6. The van der Waals surface area contributed by atoms with Crippen LogP contribution in [0.5, 0.6) is 0 Å². The first kappa shape index (κ1) is 18.6. The van der Waals surface area contributed by atoms with E-state index in [4.69, 9.17) is 0 Å². The zero-order valence-electron chi connectivity index (χ0n) is 20.9. The van der Waals surface area contributed by atoms with Crippen molar-refractivity contribution in [3.8, 4) is 0 Å². The minimum absolute atomic E-state index is 0.915. The van der Waals surface area contributed by atoms with Crippen molar-refractivity contribution < 1.29 is 0 Å². The molecule has 0 heteroatoms. The second kappa shape index (κ2) is 5.93. The molecular formula is C36H32. The maximum absolute atomic E-state index is 2.39. The summed E-state index contributed by atoms with van der Waals surface area (Å²) in [5, 5.41) is 6.46. The van der Waals surface area contributed by atoms with Gasteiger partial charge in [-0.05, 0) is 165 Å². The fraction of sp³-hybridized carbons (Fsp3) is 0.444. The van der Waals surface area contributed by atoms with Gasteiger partial charge in [0.1, 0.15) is 0 Å². The summed E-state index contributed by atoms with van der Waals surface area (Å²) in [4.78, 5) is 0. The van der Waals surface area contributed by atoms with Crippen molar-refractivity contribution in [2.24, 2.45) is 0 Å². The van der Waals surface area contributed by atoms with Crippen LogP contribution in [0.1, 0.15) is 143 Å². The second-order valence-electron chi connectivity index (χ2n) is 13.9. The first-order valence-corrected chi connectivity index (χ1v) is 15.0. The Hall–Kier alpha value is -2.60. The fourth-order valence-corrected chi connectivity index (χ4v) is 10.9. The lowest BCUT2D eigenvalue weighted by atomic mass is 9.78. The largest absolute Gasteiger partial charge is 0.0616 e. The van der Waals surface area contributed by atoms with Crippen LogP contribution in [0, 0.1) is 0 Å². The number of hydrogen-bond donors (Lipinski definition) is 0. The van der Waals surface area contributed by atoms with Gasteiger partial charge in [-0.1, -0.05) is 48.5 Å². The predicted molar refractivity (Wildman–Crippen MR) is 147 cm³/mol. The molecule has 0 saturated heterocycles. The molecular weight excluding hydrogens is 432 g/mol. The summed E-state index contributed by atoms with van der Waals surface area (Å²) in [6, 6.07) is 18.5. The van der Waals surface area contributed by atoms with Crippen LogP contribution in [0.4, 0.5) is 0 Å². The van der Waals surface area contributed by atoms with Gasteiger partial charge in [-0.25, -0.2) is 0 Å². The van der Waals surface area contributed by atoms with Crippen molar-refractivity contribution in [1.29, 1.82) is 0 Å². The van der Waals surface area contributed by atoms with Crippen LogP contribution < -0.4 is 0 Å². The maximum Gasteiger partial charge on any atom is -0.0141 e. The summed E-state index contributed by atoms with van der Waals surface area (Å²) in [5.74, 6) is 7.45. The van der Waals surface area contributed by atoms with Gasteiger partial charge in [-0.3, -0.25) is 0 Å². The third-order valence-corrected chi connectivity index (χ3v) is 12.6. The van der Waals surface area contributed by atoms with Crippen LogP contribution in [0.25, 0.3) is 21.5 Å². The van der Waals surface area contributed by atoms with E-state index in [2.05, 4.69) is 48.5 Å². The molecule has 12 aliphatic carbocycles. The smallest absolute Gasteiger partial charge is 0.0141 e. The Bertz CT molecular complexity index is 1430. The van der Waals surface area contributed by atoms with Gasteiger partial charge < -0.3 is 0 Å². The molecule has 8 bridgehead atoms. The maximum atomic E-state index is 2.39. The normalized spacial score (nSPS) is 37.1. The number of fused-ring (bicyclic) bond motifs is 2. The van der Waals surface area contributed by atoms with E-state index in [9.17, 15) is 0 Å². The Morgan fingerprint density at radius 1 is 0.278 bits per heavy atom. The molecule has 4 aromatic rings. The van der Waals surface area contributed by atoms with E-state index in [-0.39, 0.29) is 0 Å². The lowest BCUT2D eigenvalue weighted by Crippen LogP contribution is -2.10. The summed E-state index contributed by atoms with van der Waals surface area (Å²) < 4.78 is 0. The fourth-order valence-electron chi connectivity index (χ4n) is 10.9. The van der Waals surface area contributed by atoms with Crippen molar-refractivity contribution in [3.63, 3.8) is 0 Å². The molecule has 12 aliphatic rings. The molecule has 4 saturated carbocycles. The van der Waals surface area contributed by atoms with Crippen LogP contribution in [0.2, 0.25) is 0 Å². The third kappa shape index (κ3) is 1.91. The number of benzene rings is 4. The molecule has 4 fully saturated rings. The van der Waals surface area contributed by atoms with E-state index in [1.807, 2.05) is 22.3 Å². The van der Waals surface area contributed by atoms with Crippen LogP contribution in [0.3, 0.4) is 0 Å². The number of hydrogen-bond acceptors (Lipinski definition) is 0. The zero-order valence-corrected chi connectivity index (χ0v) is 20.9. The molecule has 16 rings (SSSR count). The van der Waals surface area contributed by atoms with Crippen molar-refractivity contribution >= 4 is 21.5 Å². The van der Waals surface area contributed by atoms with E-state index in [1.165, 1.54) is 51.4 Å². The molecule has 0 atom stereocenters. The number of rotatable bonds is 0. The predicted octanol–water partition coefficient (Wildman–Crippen LogP) is 9.58. The van der Waals surface area contributed by atoms with Gasteiger partial charge in [0.2, 0.25) is 0 Å². The SMILES string of the molecule is c1ccc2c3c(c4c(c2c1)C1CC4C1)C1CC3C1.c1ccc2c3c(c4c(c2c1)C1CC4C1)C1CC3C1. The summed E-state index contributed by atoms with van der Waals surface area (Å²) in [6.07, 6.45) is 11.7. The Morgan fingerprint density at radius 2 is 0.472 bits per heavy atom. The first-order valence-electron chi connectivity index (χ1n) is 15.0.